The zero-order valence-corrected chi connectivity index (χ0v) is 44.2. The Hall–Kier alpha value is -8.28. The number of nitrogens with zero attached hydrogens (tertiary/aromatic N) is 10. The van der Waals surface area contributed by atoms with Gasteiger partial charge in [0.15, 0.2) is 0 Å². The van der Waals surface area contributed by atoms with E-state index < -0.39 is 7.12 Å². The van der Waals surface area contributed by atoms with Gasteiger partial charge in [-0.3, -0.25) is 14.4 Å². The molecular formula is C58H61BN10NiO3S. The summed E-state index contributed by atoms with van der Waals surface area (Å²) in [6.07, 6.45) is 8.53. The number of carbonyl (C=O) groups is 3. The van der Waals surface area contributed by atoms with Crippen LogP contribution in [0.2, 0.25) is 0 Å². The van der Waals surface area contributed by atoms with Crippen LogP contribution in [0.25, 0.3) is 5.41 Å². The van der Waals surface area contributed by atoms with E-state index in [4.69, 9.17) is 20.7 Å². The van der Waals surface area contributed by atoms with Crippen molar-refractivity contribution in [3.8, 4) is 0 Å². The Morgan fingerprint density at radius 3 is 0.716 bits per heavy atom. The standard InChI is InChI=1S/C48H40BN6.3C3H7NO.CNS.Ni/c1-7-19-37(20-8-1)46(38-21-9-2-10-22-38)43-31-34-53(50-43)49(54-35-32-44(51-54)47(39-23-11-3-12-24-39)40-25-13-4-14-26-40)55-36-33-45(52-55)48(41-27-15-5-16-28-41)42-29-17-6-18-30-42;3*1-4(2)3-5;2-1-3;/h1-36,46-49H;3*3H,1-2H3;;/q-1;;;;-1;+2. The largest absolute Gasteiger partial charge is 2.00 e. The second kappa shape index (κ2) is 31.2. The third-order valence-corrected chi connectivity index (χ3v) is 11.2. The normalized spacial score (nSPS) is 10.1. The summed E-state index contributed by atoms with van der Waals surface area (Å²) in [6, 6.07) is 70.1. The maximum atomic E-state index is 9.43. The first-order valence-corrected chi connectivity index (χ1v) is 23.9. The molecule has 6 aromatic carbocycles. The van der Waals surface area contributed by atoms with E-state index in [9.17, 15) is 14.4 Å². The van der Waals surface area contributed by atoms with E-state index in [-0.39, 0.29) is 34.2 Å². The molecule has 0 bridgehead atoms. The molecule has 0 unspecified atom stereocenters. The number of isothiocyanates is 1. The van der Waals surface area contributed by atoms with Crippen molar-refractivity contribution in [3.63, 3.8) is 0 Å². The van der Waals surface area contributed by atoms with Crippen LogP contribution in [0.15, 0.2) is 219 Å². The third-order valence-electron chi connectivity index (χ3n) is 11.2. The van der Waals surface area contributed by atoms with E-state index in [0.717, 1.165) is 36.3 Å². The minimum Gasteiger partial charge on any atom is -0.753 e. The van der Waals surface area contributed by atoms with E-state index in [1.165, 1.54) is 53.2 Å². The molecule has 0 aliphatic carbocycles. The average molecular weight is 1050 g/mol. The van der Waals surface area contributed by atoms with E-state index in [2.05, 4.69) is 245 Å². The second-order valence-corrected chi connectivity index (χ2v) is 17.5. The molecule has 3 heterocycles. The van der Waals surface area contributed by atoms with Crippen LogP contribution in [0.4, 0.5) is 0 Å². The van der Waals surface area contributed by atoms with Crippen LogP contribution in [-0.4, -0.2) is 118 Å². The predicted molar refractivity (Wildman–Crippen MR) is 297 cm³/mol. The van der Waals surface area contributed by atoms with Gasteiger partial charge >= 0.3 is 23.6 Å². The molecule has 3 amide bonds. The first-order valence-electron chi connectivity index (χ1n) is 23.5. The van der Waals surface area contributed by atoms with Crippen molar-refractivity contribution in [1.82, 2.24) is 43.8 Å². The van der Waals surface area contributed by atoms with Gasteiger partial charge in [0.05, 0.1) is 34.8 Å². The van der Waals surface area contributed by atoms with Crippen LogP contribution in [0.5, 0.6) is 0 Å². The number of hydrogen-bond acceptors (Lipinski definition) is 7. The molecule has 0 N–H and O–H groups in total. The molecule has 13 nitrogen and oxygen atoms in total. The minimum atomic E-state index is -1.72. The van der Waals surface area contributed by atoms with Gasteiger partial charge in [0.25, 0.3) is 0 Å². The maximum Gasteiger partial charge on any atom is 2.00 e. The van der Waals surface area contributed by atoms with E-state index in [1.54, 1.807) is 42.3 Å². The van der Waals surface area contributed by atoms with E-state index in [0.29, 0.717) is 0 Å². The van der Waals surface area contributed by atoms with Crippen molar-refractivity contribution in [1.29, 1.82) is 0 Å². The third kappa shape index (κ3) is 17.2. The Labute approximate surface area is 450 Å². The van der Waals surface area contributed by atoms with Gasteiger partial charge in [0.2, 0.25) is 19.2 Å². The zero-order valence-electron chi connectivity index (χ0n) is 42.4. The molecule has 0 aliphatic heterocycles. The van der Waals surface area contributed by atoms with Gasteiger partial charge in [-0.15, -0.1) is 0 Å². The van der Waals surface area contributed by atoms with Crippen LogP contribution in [0.1, 0.15) is 68.2 Å². The fourth-order valence-electron chi connectivity index (χ4n) is 7.99. The number of aromatic nitrogens is 6. The quantitative estimate of drug-likeness (QED) is 0.0432. The van der Waals surface area contributed by atoms with Gasteiger partial charge in [-0.1, -0.05) is 194 Å². The molecule has 74 heavy (non-hydrogen) atoms. The Balaban J connectivity index is 0.000000542. The second-order valence-electron chi connectivity index (χ2n) is 17.3. The van der Waals surface area contributed by atoms with Crippen molar-refractivity contribution in [2.45, 2.75) is 17.8 Å². The van der Waals surface area contributed by atoms with Gasteiger partial charge in [0, 0.05) is 42.3 Å². The van der Waals surface area contributed by atoms with E-state index in [1.807, 2.05) is 0 Å². The zero-order chi connectivity index (χ0) is 52.4. The molecule has 0 atom stereocenters. The number of thiocarbonyl (C=S) groups is 1. The summed E-state index contributed by atoms with van der Waals surface area (Å²) in [6.45, 7) is 0. The summed E-state index contributed by atoms with van der Waals surface area (Å²) in [4.78, 5) is 32.6. The minimum absolute atomic E-state index is 0. The molecule has 9 aromatic rings. The van der Waals surface area contributed by atoms with Crippen LogP contribution in [0, 0.1) is 0 Å². The predicted octanol–water partition coefficient (Wildman–Crippen LogP) is 9.25. The number of benzene rings is 6. The fourth-order valence-corrected chi connectivity index (χ4v) is 7.99. The Bertz CT molecular complexity index is 2580. The summed E-state index contributed by atoms with van der Waals surface area (Å²) in [5, 5.41) is 24.6. The van der Waals surface area contributed by atoms with Crippen LogP contribution >= 0.6 is 12.2 Å². The molecule has 0 aliphatic rings. The Morgan fingerprint density at radius 2 is 0.568 bits per heavy atom. The summed E-state index contributed by atoms with van der Waals surface area (Å²) in [5.74, 6) is -0.108. The first-order chi connectivity index (χ1) is 35.5. The summed E-state index contributed by atoms with van der Waals surface area (Å²) in [5.41, 5.74) is 10.0. The SMILES string of the molecule is CN(C)C=O.CN(C)C=O.CN(C)C=O.[N-]=C=S.[Ni+2].c1ccc(C(c2ccccc2)c2ccn([BH-](n3ccc(C(c4ccccc4)c4ccccc4)n3)n3ccc(C(c4ccccc4)c4ccccc4)n3)n2)cc1. The molecule has 0 spiro atoms. The first kappa shape index (κ1) is 58.3. The van der Waals surface area contributed by atoms with Gasteiger partial charge in [-0.2, -0.15) is 5.16 Å². The fraction of sp³-hybridized carbons (Fsp3) is 0.155. The Kier molecular flexibility index (Phi) is 24.6. The summed E-state index contributed by atoms with van der Waals surface area (Å²) < 4.78 is 6.21. The maximum absolute atomic E-state index is 9.43. The van der Waals surface area contributed by atoms with Crippen LogP contribution < -0.4 is 0 Å². The molecule has 0 radical (unpaired) electrons. The summed E-state index contributed by atoms with van der Waals surface area (Å²) >= 11 is 3.70. The number of rotatable bonds is 15. The molecule has 0 saturated carbocycles. The van der Waals surface area contributed by atoms with Gasteiger partial charge in [-0.25, -0.2) is 15.3 Å². The van der Waals surface area contributed by atoms with Crippen molar-refractivity contribution < 1.29 is 30.9 Å². The number of hydrogen-bond donors (Lipinski definition) is 0. The van der Waals surface area contributed by atoms with Gasteiger partial charge < -0.3 is 33.9 Å². The Morgan fingerprint density at radius 1 is 0.405 bits per heavy atom. The van der Waals surface area contributed by atoms with Gasteiger partial charge in [-0.05, 0) is 70.2 Å². The molecule has 16 heteroatoms. The van der Waals surface area contributed by atoms with Crippen molar-refractivity contribution in [2.24, 2.45) is 0 Å². The van der Waals surface area contributed by atoms with Crippen LogP contribution in [0.3, 0.4) is 0 Å². The van der Waals surface area contributed by atoms with Gasteiger partial charge in [0.1, 0.15) is 0 Å². The van der Waals surface area contributed by atoms with Crippen molar-refractivity contribution >= 4 is 43.7 Å². The number of amides is 3. The molecule has 3 aromatic heterocycles. The number of carbonyl (C=O) groups excluding carboxylic acids is 3. The molecular weight excluding hydrogens is 986 g/mol. The molecule has 0 fully saturated rings. The molecule has 380 valence electrons. The topological polar surface area (TPSA) is 137 Å². The van der Waals surface area contributed by atoms with Crippen LogP contribution in [-0.2, 0) is 30.9 Å². The average Bonchev–Trinajstić information content (AvgIpc) is 4.23. The molecule has 0 saturated heterocycles. The monoisotopic (exact) mass is 1050 g/mol. The van der Waals surface area contributed by atoms with Crippen molar-refractivity contribution in [2.75, 3.05) is 42.3 Å². The molecule has 9 rings (SSSR count). The van der Waals surface area contributed by atoms with E-state index >= 15 is 0 Å². The summed E-state index contributed by atoms with van der Waals surface area (Å²) in [7, 11) is 8.40. The van der Waals surface area contributed by atoms with Crippen molar-refractivity contribution in [3.05, 3.63) is 275 Å². The smallest absolute Gasteiger partial charge is 0.753 e.